The van der Waals surface area contributed by atoms with Crippen molar-refractivity contribution in [1.29, 1.82) is 0 Å². The van der Waals surface area contributed by atoms with Crippen LogP contribution in [0.15, 0.2) is 78.4 Å². The number of nitrogens with zero attached hydrogens (tertiary/aromatic N) is 2. The van der Waals surface area contributed by atoms with E-state index in [2.05, 4.69) is 18.7 Å². The number of ether oxygens (including phenoxy) is 1. The second-order valence-corrected chi connectivity index (χ2v) is 9.68. The molecule has 3 aromatic rings. The third-order valence-corrected chi connectivity index (χ3v) is 7.17. The normalized spacial score (nSPS) is 16.9. The third-order valence-electron chi connectivity index (χ3n) is 7.17. The van der Waals surface area contributed by atoms with Gasteiger partial charge in [0.05, 0.1) is 11.6 Å². The van der Waals surface area contributed by atoms with Gasteiger partial charge < -0.3 is 19.6 Å². The van der Waals surface area contributed by atoms with Gasteiger partial charge in [0.15, 0.2) is 0 Å². The molecule has 1 saturated heterocycles. The van der Waals surface area contributed by atoms with Crippen molar-refractivity contribution in [2.75, 3.05) is 26.2 Å². The zero-order valence-electron chi connectivity index (χ0n) is 22.6. The maximum absolute atomic E-state index is 13.3. The average molecular weight is 513 g/mol. The first kappa shape index (κ1) is 27.1. The molecule has 1 amide bonds. The van der Waals surface area contributed by atoms with E-state index in [-0.39, 0.29) is 11.3 Å². The number of aliphatic hydroxyl groups is 1. The number of aryl methyl sites for hydroxylation is 2. The quantitative estimate of drug-likeness (QED) is 0.216. The lowest BCUT2D eigenvalue weighted by Gasteiger charge is -2.28. The molecule has 0 aliphatic carbocycles. The van der Waals surface area contributed by atoms with Crippen molar-refractivity contribution in [3.05, 3.63) is 106 Å². The fourth-order valence-electron chi connectivity index (χ4n) is 4.84. The predicted octanol–water partition coefficient (Wildman–Crippen LogP) is 5.65. The summed E-state index contributed by atoms with van der Waals surface area (Å²) in [4.78, 5) is 30.4. The van der Waals surface area contributed by atoms with E-state index in [4.69, 9.17) is 4.74 Å². The lowest BCUT2D eigenvalue weighted by Crippen LogP contribution is -2.38. The molecule has 198 valence electrons. The largest absolute Gasteiger partial charge is 0.507 e. The zero-order chi connectivity index (χ0) is 27.2. The highest BCUT2D eigenvalue weighted by Gasteiger charge is 2.46. The molecule has 1 aliphatic heterocycles. The first-order valence-electron chi connectivity index (χ1n) is 13.2. The van der Waals surface area contributed by atoms with Crippen LogP contribution in [0.5, 0.6) is 5.75 Å². The van der Waals surface area contributed by atoms with E-state index in [0.29, 0.717) is 31.0 Å². The highest BCUT2D eigenvalue weighted by molar-refractivity contribution is 6.46. The van der Waals surface area contributed by atoms with Crippen LogP contribution in [-0.4, -0.2) is 52.8 Å². The molecular formula is C32H36N2O4. The van der Waals surface area contributed by atoms with E-state index in [0.717, 1.165) is 35.3 Å². The van der Waals surface area contributed by atoms with Gasteiger partial charge in [0.25, 0.3) is 11.7 Å². The van der Waals surface area contributed by atoms with Gasteiger partial charge in [-0.25, -0.2) is 0 Å². The molecule has 0 unspecified atom stereocenters. The van der Waals surface area contributed by atoms with Crippen molar-refractivity contribution in [1.82, 2.24) is 9.80 Å². The third kappa shape index (κ3) is 5.81. The number of hydrogen-bond acceptors (Lipinski definition) is 5. The Labute approximate surface area is 225 Å². The second-order valence-electron chi connectivity index (χ2n) is 9.68. The van der Waals surface area contributed by atoms with E-state index in [9.17, 15) is 14.7 Å². The van der Waals surface area contributed by atoms with Crippen molar-refractivity contribution < 1.29 is 19.4 Å². The molecule has 0 saturated carbocycles. The number of benzene rings is 3. The number of carbonyl (C=O) groups is 2. The van der Waals surface area contributed by atoms with Crippen LogP contribution in [0.25, 0.3) is 5.76 Å². The highest BCUT2D eigenvalue weighted by atomic mass is 16.5. The van der Waals surface area contributed by atoms with Crippen LogP contribution < -0.4 is 4.74 Å². The summed E-state index contributed by atoms with van der Waals surface area (Å²) in [7, 11) is 0. The van der Waals surface area contributed by atoms with Crippen molar-refractivity contribution in [3.63, 3.8) is 0 Å². The molecule has 0 radical (unpaired) electrons. The second kappa shape index (κ2) is 12.1. The maximum Gasteiger partial charge on any atom is 0.295 e. The maximum atomic E-state index is 13.3. The Morgan fingerprint density at radius 1 is 0.947 bits per heavy atom. The smallest absolute Gasteiger partial charge is 0.295 e. The van der Waals surface area contributed by atoms with Gasteiger partial charge in [0, 0.05) is 18.7 Å². The SMILES string of the molecule is CCN(CC)CCN1C(=O)C(=O)C(=C(O)c2ccc(OCc3ccccc3)c(C)c2)[C@@H]1c1ccc(C)cc1. The lowest BCUT2D eigenvalue weighted by molar-refractivity contribution is -0.140. The monoisotopic (exact) mass is 512 g/mol. The molecule has 1 N–H and O–H groups in total. The number of ketones is 1. The van der Waals surface area contributed by atoms with Crippen LogP contribution in [0, 0.1) is 13.8 Å². The van der Waals surface area contributed by atoms with E-state index in [1.807, 2.05) is 68.4 Å². The number of carbonyl (C=O) groups excluding carboxylic acids is 2. The molecule has 1 heterocycles. The van der Waals surface area contributed by atoms with Gasteiger partial charge in [0.2, 0.25) is 0 Å². The van der Waals surface area contributed by atoms with E-state index in [1.165, 1.54) is 0 Å². The number of amides is 1. The summed E-state index contributed by atoms with van der Waals surface area (Å²) in [5, 5.41) is 11.4. The van der Waals surface area contributed by atoms with E-state index >= 15 is 0 Å². The van der Waals surface area contributed by atoms with Crippen LogP contribution in [0.2, 0.25) is 0 Å². The first-order chi connectivity index (χ1) is 18.3. The standard InChI is InChI=1S/C32H36N2O4/c1-5-33(6-2)18-19-34-29(25-14-12-22(3)13-15-25)28(31(36)32(34)37)30(35)26-16-17-27(23(4)20-26)38-21-24-10-8-7-9-11-24/h7-17,20,29,35H,5-6,18-19,21H2,1-4H3/t29-/m0/s1. The van der Waals surface area contributed by atoms with Crippen LogP contribution >= 0.6 is 0 Å². The minimum absolute atomic E-state index is 0.121. The van der Waals surface area contributed by atoms with Gasteiger partial charge in [-0.1, -0.05) is 74.0 Å². The number of likely N-dealkylation sites (tertiary alicyclic amines) is 1. The molecule has 0 spiro atoms. The van der Waals surface area contributed by atoms with Gasteiger partial charge in [-0.2, -0.15) is 0 Å². The molecule has 6 nitrogen and oxygen atoms in total. The molecule has 38 heavy (non-hydrogen) atoms. The lowest BCUT2D eigenvalue weighted by atomic mass is 9.94. The molecule has 4 rings (SSSR count). The van der Waals surface area contributed by atoms with Crippen molar-refractivity contribution in [2.45, 2.75) is 40.3 Å². The molecule has 1 aliphatic rings. The Kier molecular flexibility index (Phi) is 8.64. The number of likely N-dealkylation sites (N-methyl/N-ethyl adjacent to an activating group) is 1. The summed E-state index contributed by atoms with van der Waals surface area (Å²) >= 11 is 0. The van der Waals surface area contributed by atoms with Crippen LogP contribution in [0.3, 0.4) is 0 Å². The van der Waals surface area contributed by atoms with Gasteiger partial charge in [0.1, 0.15) is 18.1 Å². The zero-order valence-corrected chi connectivity index (χ0v) is 22.6. The first-order valence-corrected chi connectivity index (χ1v) is 13.2. The molecule has 3 aromatic carbocycles. The van der Waals surface area contributed by atoms with Gasteiger partial charge in [-0.05, 0) is 61.8 Å². The van der Waals surface area contributed by atoms with Crippen molar-refractivity contribution in [2.24, 2.45) is 0 Å². The van der Waals surface area contributed by atoms with Gasteiger partial charge in [-0.3, -0.25) is 9.59 Å². The molecule has 0 bridgehead atoms. The Hall–Kier alpha value is -3.90. The number of aliphatic hydroxyl groups excluding tert-OH is 1. The van der Waals surface area contributed by atoms with E-state index in [1.54, 1.807) is 23.1 Å². The molecular weight excluding hydrogens is 476 g/mol. The molecule has 6 heteroatoms. The summed E-state index contributed by atoms with van der Waals surface area (Å²) < 4.78 is 5.98. The Bertz CT molecular complexity index is 1310. The Balaban J connectivity index is 1.68. The van der Waals surface area contributed by atoms with Crippen LogP contribution in [0.1, 0.15) is 47.7 Å². The average Bonchev–Trinajstić information content (AvgIpc) is 3.18. The fraction of sp³-hybridized carbons (Fsp3) is 0.312. The summed E-state index contributed by atoms with van der Waals surface area (Å²) in [5.41, 5.74) is 4.37. The topological polar surface area (TPSA) is 70.1 Å². The predicted molar refractivity (Wildman–Crippen MR) is 150 cm³/mol. The summed E-state index contributed by atoms with van der Waals surface area (Å²) in [6.07, 6.45) is 0. The van der Waals surface area contributed by atoms with E-state index < -0.39 is 17.7 Å². The van der Waals surface area contributed by atoms with Crippen molar-refractivity contribution in [3.8, 4) is 5.75 Å². The minimum Gasteiger partial charge on any atom is -0.507 e. The Morgan fingerprint density at radius 2 is 1.63 bits per heavy atom. The fourth-order valence-corrected chi connectivity index (χ4v) is 4.84. The van der Waals surface area contributed by atoms with Gasteiger partial charge in [-0.15, -0.1) is 0 Å². The van der Waals surface area contributed by atoms with Gasteiger partial charge >= 0.3 is 0 Å². The Morgan fingerprint density at radius 3 is 2.26 bits per heavy atom. The number of hydrogen-bond donors (Lipinski definition) is 1. The number of rotatable bonds is 10. The summed E-state index contributed by atoms with van der Waals surface area (Å²) in [6, 6.07) is 22.3. The molecule has 0 aromatic heterocycles. The van der Waals surface area contributed by atoms with Crippen molar-refractivity contribution >= 4 is 17.4 Å². The highest BCUT2D eigenvalue weighted by Crippen LogP contribution is 2.39. The summed E-state index contributed by atoms with van der Waals surface area (Å²) in [5.74, 6) is -0.712. The van der Waals surface area contributed by atoms with Crippen LogP contribution in [0.4, 0.5) is 0 Å². The molecule has 1 atom stereocenters. The molecule has 1 fully saturated rings. The van der Waals surface area contributed by atoms with Crippen LogP contribution in [-0.2, 0) is 16.2 Å². The number of Topliss-reactive ketones (excluding diaryl/α,β-unsaturated/α-hetero) is 1. The minimum atomic E-state index is -0.658. The summed E-state index contributed by atoms with van der Waals surface area (Å²) in [6.45, 7) is 11.2.